The van der Waals surface area contributed by atoms with Gasteiger partial charge in [-0.05, 0) is 37.1 Å². The first-order chi connectivity index (χ1) is 8.43. The zero-order chi connectivity index (χ0) is 13.7. The number of carbonyl (C=O) groups is 2. The Hall–Kier alpha value is -1.36. The summed E-state index contributed by atoms with van der Waals surface area (Å²) < 4.78 is 0.967. The molecule has 0 saturated carbocycles. The number of aliphatic carboxylic acids is 1. The van der Waals surface area contributed by atoms with Crippen molar-refractivity contribution >= 4 is 27.8 Å². The fraction of sp³-hybridized carbons (Fsp3) is 0.385. The Bertz CT molecular complexity index is 460. The van der Waals surface area contributed by atoms with Crippen LogP contribution in [0.5, 0.6) is 0 Å². The molecule has 0 bridgehead atoms. The van der Waals surface area contributed by atoms with Crippen molar-refractivity contribution in [2.45, 2.75) is 20.3 Å². The van der Waals surface area contributed by atoms with Crippen molar-refractivity contribution in [3.05, 3.63) is 33.8 Å². The molecule has 0 unspecified atom stereocenters. The van der Waals surface area contributed by atoms with Crippen LogP contribution in [0.2, 0.25) is 0 Å². The number of amides is 1. The van der Waals surface area contributed by atoms with Crippen LogP contribution < -0.4 is 0 Å². The molecule has 1 aromatic rings. The SMILES string of the molecule is CCN(CC(=O)O)C(=O)Cc1ccc(Br)cc1C. The van der Waals surface area contributed by atoms with E-state index in [-0.39, 0.29) is 18.9 Å². The summed E-state index contributed by atoms with van der Waals surface area (Å²) in [6.45, 7) is 3.86. The highest BCUT2D eigenvalue weighted by atomic mass is 79.9. The number of benzene rings is 1. The van der Waals surface area contributed by atoms with E-state index in [1.165, 1.54) is 4.90 Å². The fourth-order valence-corrected chi connectivity index (χ4v) is 2.15. The molecular formula is C13H16BrNO3. The largest absolute Gasteiger partial charge is 0.480 e. The number of halogens is 1. The third kappa shape index (κ3) is 4.14. The molecule has 4 nitrogen and oxygen atoms in total. The van der Waals surface area contributed by atoms with Crippen LogP contribution in [0.1, 0.15) is 18.1 Å². The van der Waals surface area contributed by atoms with E-state index in [0.29, 0.717) is 6.54 Å². The number of hydrogen-bond donors (Lipinski definition) is 1. The third-order valence-corrected chi connectivity index (χ3v) is 3.20. The molecule has 1 aromatic carbocycles. The maximum Gasteiger partial charge on any atom is 0.323 e. The molecule has 18 heavy (non-hydrogen) atoms. The summed E-state index contributed by atoms with van der Waals surface area (Å²) >= 11 is 3.36. The quantitative estimate of drug-likeness (QED) is 0.907. The molecule has 0 atom stereocenters. The van der Waals surface area contributed by atoms with Crippen LogP contribution in [0.15, 0.2) is 22.7 Å². The Morgan fingerprint density at radius 2 is 2.06 bits per heavy atom. The minimum absolute atomic E-state index is 0.162. The number of hydrogen-bond acceptors (Lipinski definition) is 2. The minimum Gasteiger partial charge on any atom is -0.480 e. The van der Waals surface area contributed by atoms with E-state index in [4.69, 9.17) is 5.11 Å². The van der Waals surface area contributed by atoms with Crippen molar-refractivity contribution in [1.82, 2.24) is 4.90 Å². The van der Waals surface area contributed by atoms with Gasteiger partial charge in [-0.15, -0.1) is 0 Å². The molecule has 1 N–H and O–H groups in total. The van der Waals surface area contributed by atoms with Crippen molar-refractivity contribution < 1.29 is 14.7 Å². The molecule has 0 aliphatic carbocycles. The third-order valence-electron chi connectivity index (χ3n) is 2.71. The van der Waals surface area contributed by atoms with Crippen LogP contribution in [-0.4, -0.2) is 35.0 Å². The predicted octanol–water partition coefficient (Wildman–Crippen LogP) is 2.23. The second-order valence-corrected chi connectivity index (χ2v) is 4.96. The van der Waals surface area contributed by atoms with Gasteiger partial charge in [0.2, 0.25) is 5.91 Å². The molecule has 1 rings (SSSR count). The maximum atomic E-state index is 12.0. The van der Waals surface area contributed by atoms with Crippen LogP contribution >= 0.6 is 15.9 Å². The molecule has 0 spiro atoms. The Morgan fingerprint density at radius 1 is 1.39 bits per heavy atom. The maximum absolute atomic E-state index is 12.0. The number of aryl methyl sites for hydroxylation is 1. The summed E-state index contributed by atoms with van der Waals surface area (Å²) in [4.78, 5) is 23.9. The molecular weight excluding hydrogens is 298 g/mol. The molecule has 0 heterocycles. The number of rotatable bonds is 5. The van der Waals surface area contributed by atoms with Gasteiger partial charge in [0, 0.05) is 11.0 Å². The average molecular weight is 314 g/mol. The highest BCUT2D eigenvalue weighted by Crippen LogP contribution is 2.16. The van der Waals surface area contributed by atoms with Gasteiger partial charge < -0.3 is 10.0 Å². The van der Waals surface area contributed by atoms with Gasteiger partial charge in [0.05, 0.1) is 6.42 Å². The summed E-state index contributed by atoms with van der Waals surface area (Å²) in [6, 6.07) is 5.70. The van der Waals surface area contributed by atoms with E-state index >= 15 is 0 Å². The monoisotopic (exact) mass is 313 g/mol. The molecule has 0 radical (unpaired) electrons. The van der Waals surface area contributed by atoms with Gasteiger partial charge in [-0.2, -0.15) is 0 Å². The van der Waals surface area contributed by atoms with Crippen molar-refractivity contribution in [2.75, 3.05) is 13.1 Å². The van der Waals surface area contributed by atoms with Crippen LogP contribution in [0.4, 0.5) is 0 Å². The van der Waals surface area contributed by atoms with Gasteiger partial charge in [0.15, 0.2) is 0 Å². The fourth-order valence-electron chi connectivity index (χ4n) is 1.67. The number of carboxylic acids is 1. The van der Waals surface area contributed by atoms with Crippen LogP contribution in [-0.2, 0) is 16.0 Å². The topological polar surface area (TPSA) is 57.6 Å². The molecule has 0 aliphatic heterocycles. The molecule has 98 valence electrons. The number of carboxylic acid groups (broad SMARTS) is 1. The van der Waals surface area contributed by atoms with Crippen molar-refractivity contribution in [1.29, 1.82) is 0 Å². The molecule has 0 aliphatic rings. The van der Waals surface area contributed by atoms with E-state index in [9.17, 15) is 9.59 Å². The minimum atomic E-state index is -0.988. The highest BCUT2D eigenvalue weighted by molar-refractivity contribution is 9.10. The van der Waals surface area contributed by atoms with Gasteiger partial charge in [0.25, 0.3) is 0 Å². The van der Waals surface area contributed by atoms with Gasteiger partial charge >= 0.3 is 5.97 Å². The molecule has 0 aromatic heterocycles. The Kier molecular flexibility index (Phi) is 5.34. The summed E-state index contributed by atoms with van der Waals surface area (Å²) in [5, 5.41) is 8.72. The van der Waals surface area contributed by atoms with Crippen LogP contribution in [0.25, 0.3) is 0 Å². The van der Waals surface area contributed by atoms with E-state index in [2.05, 4.69) is 15.9 Å². The summed E-state index contributed by atoms with van der Waals surface area (Å²) in [5.74, 6) is -1.15. The lowest BCUT2D eigenvalue weighted by molar-refractivity contribution is -0.144. The highest BCUT2D eigenvalue weighted by Gasteiger charge is 2.16. The molecule has 0 saturated heterocycles. The standard InChI is InChI=1S/C13H16BrNO3/c1-3-15(8-13(17)18)12(16)7-10-4-5-11(14)6-9(10)2/h4-6H,3,7-8H2,1-2H3,(H,17,18). The van der Waals surface area contributed by atoms with E-state index in [1.807, 2.05) is 25.1 Å². The lowest BCUT2D eigenvalue weighted by Gasteiger charge is -2.19. The van der Waals surface area contributed by atoms with Crippen LogP contribution in [0, 0.1) is 6.92 Å². The Labute approximate surface area is 115 Å². The summed E-state index contributed by atoms with van der Waals surface area (Å²) in [6.07, 6.45) is 0.236. The number of likely N-dealkylation sites (N-methyl/N-ethyl adjacent to an activating group) is 1. The smallest absolute Gasteiger partial charge is 0.323 e. The molecule has 5 heteroatoms. The Morgan fingerprint density at radius 3 is 2.56 bits per heavy atom. The predicted molar refractivity (Wildman–Crippen MR) is 72.5 cm³/mol. The lowest BCUT2D eigenvalue weighted by Crippen LogP contribution is -2.36. The second-order valence-electron chi connectivity index (χ2n) is 4.05. The van der Waals surface area contributed by atoms with Crippen molar-refractivity contribution in [3.8, 4) is 0 Å². The zero-order valence-corrected chi connectivity index (χ0v) is 12.0. The van der Waals surface area contributed by atoms with Gasteiger partial charge in [-0.1, -0.05) is 22.0 Å². The summed E-state index contributed by atoms with van der Waals surface area (Å²) in [5.41, 5.74) is 1.94. The van der Waals surface area contributed by atoms with E-state index in [1.54, 1.807) is 6.92 Å². The van der Waals surface area contributed by atoms with Crippen LogP contribution in [0.3, 0.4) is 0 Å². The van der Waals surface area contributed by atoms with Gasteiger partial charge in [0.1, 0.15) is 6.54 Å². The lowest BCUT2D eigenvalue weighted by atomic mass is 10.1. The first-order valence-corrected chi connectivity index (χ1v) is 6.48. The van der Waals surface area contributed by atoms with Gasteiger partial charge in [-0.25, -0.2) is 0 Å². The molecule has 0 fully saturated rings. The summed E-state index contributed by atoms with van der Waals surface area (Å²) in [7, 11) is 0. The number of nitrogens with zero attached hydrogens (tertiary/aromatic N) is 1. The van der Waals surface area contributed by atoms with Gasteiger partial charge in [-0.3, -0.25) is 9.59 Å². The second kappa shape index (κ2) is 6.54. The Balaban J connectivity index is 2.76. The van der Waals surface area contributed by atoms with E-state index in [0.717, 1.165) is 15.6 Å². The van der Waals surface area contributed by atoms with E-state index < -0.39 is 5.97 Å². The molecule has 1 amide bonds. The normalized spacial score (nSPS) is 10.2. The first kappa shape index (κ1) is 14.7. The van der Waals surface area contributed by atoms with Crippen molar-refractivity contribution in [3.63, 3.8) is 0 Å². The first-order valence-electron chi connectivity index (χ1n) is 5.68. The van der Waals surface area contributed by atoms with Crippen molar-refractivity contribution in [2.24, 2.45) is 0 Å². The average Bonchev–Trinajstić information content (AvgIpc) is 2.29. The zero-order valence-electron chi connectivity index (χ0n) is 10.4. The number of carbonyl (C=O) groups excluding carboxylic acids is 1.